The Bertz CT molecular complexity index is 573. The van der Waals surface area contributed by atoms with Crippen molar-refractivity contribution < 1.29 is 9.84 Å². The Balaban J connectivity index is 2.14. The van der Waals surface area contributed by atoms with Crippen LogP contribution in [0.1, 0.15) is 22.3 Å². The minimum atomic E-state index is 0.388. The van der Waals surface area contributed by atoms with Gasteiger partial charge in [-0.15, -0.1) is 0 Å². The zero-order valence-corrected chi connectivity index (χ0v) is 9.73. The number of phenols is 1. The molecule has 0 spiro atoms. The van der Waals surface area contributed by atoms with Gasteiger partial charge in [-0.2, -0.15) is 0 Å². The van der Waals surface area contributed by atoms with E-state index in [-0.39, 0.29) is 0 Å². The van der Waals surface area contributed by atoms with Gasteiger partial charge in [-0.05, 0) is 29.7 Å². The SMILES string of the molecule is COc1cccc2c1Cc1c(O)cccc1C2. The van der Waals surface area contributed by atoms with E-state index in [0.29, 0.717) is 5.75 Å². The van der Waals surface area contributed by atoms with Gasteiger partial charge in [-0.25, -0.2) is 0 Å². The van der Waals surface area contributed by atoms with Crippen LogP contribution in [0.15, 0.2) is 36.4 Å². The highest BCUT2D eigenvalue weighted by Crippen LogP contribution is 2.36. The summed E-state index contributed by atoms with van der Waals surface area (Å²) in [5, 5.41) is 9.90. The first-order valence-electron chi connectivity index (χ1n) is 5.74. The van der Waals surface area contributed by atoms with E-state index in [1.165, 1.54) is 16.7 Å². The fourth-order valence-electron chi connectivity index (χ4n) is 2.54. The summed E-state index contributed by atoms with van der Waals surface area (Å²) in [6.45, 7) is 0. The van der Waals surface area contributed by atoms with Crippen LogP contribution in [0.25, 0.3) is 0 Å². The van der Waals surface area contributed by atoms with Crippen LogP contribution in [0.5, 0.6) is 11.5 Å². The van der Waals surface area contributed by atoms with Gasteiger partial charge in [0.2, 0.25) is 0 Å². The number of benzene rings is 2. The molecule has 0 atom stereocenters. The van der Waals surface area contributed by atoms with Crippen molar-refractivity contribution in [3.05, 3.63) is 58.7 Å². The van der Waals surface area contributed by atoms with Crippen molar-refractivity contribution in [1.29, 1.82) is 0 Å². The topological polar surface area (TPSA) is 29.5 Å². The highest BCUT2D eigenvalue weighted by molar-refractivity contribution is 5.54. The Hall–Kier alpha value is -1.96. The first-order valence-corrected chi connectivity index (χ1v) is 5.74. The quantitative estimate of drug-likeness (QED) is 0.691. The lowest BCUT2D eigenvalue weighted by Gasteiger charge is -2.22. The first-order chi connectivity index (χ1) is 8.29. The molecule has 0 amide bonds. The fourth-order valence-corrected chi connectivity index (χ4v) is 2.54. The molecule has 0 aromatic heterocycles. The molecular weight excluding hydrogens is 212 g/mol. The summed E-state index contributed by atoms with van der Waals surface area (Å²) >= 11 is 0. The molecule has 0 aliphatic heterocycles. The van der Waals surface area contributed by atoms with Crippen molar-refractivity contribution in [3.8, 4) is 11.5 Å². The lowest BCUT2D eigenvalue weighted by molar-refractivity contribution is 0.409. The van der Waals surface area contributed by atoms with Gasteiger partial charge in [0.05, 0.1) is 7.11 Å². The Morgan fingerprint density at radius 3 is 2.41 bits per heavy atom. The van der Waals surface area contributed by atoms with Gasteiger partial charge >= 0.3 is 0 Å². The Morgan fingerprint density at radius 1 is 0.941 bits per heavy atom. The molecule has 1 N–H and O–H groups in total. The molecule has 0 radical (unpaired) electrons. The van der Waals surface area contributed by atoms with Gasteiger partial charge < -0.3 is 9.84 Å². The molecule has 2 heteroatoms. The molecular formula is C15H14O2. The Labute approximate surface area is 100 Å². The van der Waals surface area contributed by atoms with Crippen LogP contribution in [0.2, 0.25) is 0 Å². The maximum atomic E-state index is 9.90. The predicted molar refractivity (Wildman–Crippen MR) is 66.7 cm³/mol. The van der Waals surface area contributed by atoms with Crippen LogP contribution in [-0.2, 0) is 12.8 Å². The van der Waals surface area contributed by atoms with Gasteiger partial charge in [0.15, 0.2) is 0 Å². The molecule has 0 saturated carbocycles. The molecule has 3 rings (SSSR count). The van der Waals surface area contributed by atoms with Crippen molar-refractivity contribution in [3.63, 3.8) is 0 Å². The zero-order chi connectivity index (χ0) is 11.8. The molecule has 1 aliphatic rings. The summed E-state index contributed by atoms with van der Waals surface area (Å²) in [5.74, 6) is 1.30. The van der Waals surface area contributed by atoms with Crippen LogP contribution >= 0.6 is 0 Å². The number of methoxy groups -OCH3 is 1. The highest BCUT2D eigenvalue weighted by Gasteiger charge is 2.20. The lowest BCUT2D eigenvalue weighted by atomic mass is 9.85. The average Bonchev–Trinajstić information content (AvgIpc) is 2.36. The normalized spacial score (nSPS) is 12.8. The van der Waals surface area contributed by atoms with Gasteiger partial charge in [0.1, 0.15) is 11.5 Å². The number of hydrogen-bond acceptors (Lipinski definition) is 2. The molecule has 2 aromatic carbocycles. The summed E-state index contributed by atoms with van der Waals surface area (Å²) < 4.78 is 5.39. The van der Waals surface area contributed by atoms with Crippen molar-refractivity contribution in [2.75, 3.05) is 7.11 Å². The largest absolute Gasteiger partial charge is 0.508 e. The molecule has 2 nitrogen and oxygen atoms in total. The maximum absolute atomic E-state index is 9.90. The Morgan fingerprint density at radius 2 is 1.65 bits per heavy atom. The number of phenolic OH excluding ortho intramolecular Hbond substituents is 1. The third kappa shape index (κ3) is 1.57. The summed E-state index contributed by atoms with van der Waals surface area (Å²) in [4.78, 5) is 0. The number of hydrogen-bond donors (Lipinski definition) is 1. The molecule has 17 heavy (non-hydrogen) atoms. The monoisotopic (exact) mass is 226 g/mol. The second-order valence-electron chi connectivity index (χ2n) is 4.37. The van der Waals surface area contributed by atoms with Crippen molar-refractivity contribution in [1.82, 2.24) is 0 Å². The van der Waals surface area contributed by atoms with E-state index in [4.69, 9.17) is 4.74 Å². The second kappa shape index (κ2) is 3.81. The third-order valence-corrected chi connectivity index (χ3v) is 3.43. The van der Waals surface area contributed by atoms with Crippen LogP contribution < -0.4 is 4.74 Å². The van der Waals surface area contributed by atoms with Gasteiger partial charge in [-0.3, -0.25) is 0 Å². The smallest absolute Gasteiger partial charge is 0.122 e. The second-order valence-corrected chi connectivity index (χ2v) is 4.37. The molecule has 0 heterocycles. The summed E-state index contributed by atoms with van der Waals surface area (Å²) in [7, 11) is 1.69. The molecule has 0 saturated heterocycles. The van der Waals surface area contributed by atoms with E-state index in [2.05, 4.69) is 12.1 Å². The summed E-state index contributed by atoms with van der Waals surface area (Å²) in [6, 6.07) is 11.9. The molecule has 2 aromatic rings. The summed E-state index contributed by atoms with van der Waals surface area (Å²) in [6.07, 6.45) is 1.62. The highest BCUT2D eigenvalue weighted by atomic mass is 16.5. The van der Waals surface area contributed by atoms with Gasteiger partial charge in [-0.1, -0.05) is 24.3 Å². The van der Waals surface area contributed by atoms with E-state index in [1.807, 2.05) is 18.2 Å². The number of rotatable bonds is 1. The zero-order valence-electron chi connectivity index (χ0n) is 9.73. The fraction of sp³-hybridized carbons (Fsp3) is 0.200. The van der Waals surface area contributed by atoms with E-state index in [0.717, 1.165) is 24.2 Å². The van der Waals surface area contributed by atoms with Crippen LogP contribution in [-0.4, -0.2) is 12.2 Å². The number of ether oxygens (including phenoxy) is 1. The summed E-state index contributed by atoms with van der Waals surface area (Å²) in [5.41, 5.74) is 4.74. The first kappa shape index (κ1) is 10.2. The standard InChI is InChI=1S/C15H14O2/c1-17-15-7-3-5-11-8-10-4-2-6-14(16)12(10)9-13(11)15/h2-7,16H,8-9H2,1H3. The molecule has 0 unspecified atom stereocenters. The van der Waals surface area contributed by atoms with E-state index in [9.17, 15) is 5.11 Å². The average molecular weight is 226 g/mol. The third-order valence-electron chi connectivity index (χ3n) is 3.43. The molecule has 1 aliphatic carbocycles. The van der Waals surface area contributed by atoms with Gasteiger partial charge in [0.25, 0.3) is 0 Å². The molecule has 0 bridgehead atoms. The van der Waals surface area contributed by atoms with E-state index >= 15 is 0 Å². The van der Waals surface area contributed by atoms with Crippen molar-refractivity contribution in [2.45, 2.75) is 12.8 Å². The van der Waals surface area contributed by atoms with Gasteiger partial charge in [0, 0.05) is 17.5 Å². The predicted octanol–water partition coefficient (Wildman–Crippen LogP) is 2.90. The van der Waals surface area contributed by atoms with E-state index < -0.39 is 0 Å². The Kier molecular flexibility index (Phi) is 2.29. The van der Waals surface area contributed by atoms with Crippen molar-refractivity contribution in [2.24, 2.45) is 0 Å². The number of fused-ring (bicyclic) bond motifs is 2. The minimum absolute atomic E-state index is 0.388. The van der Waals surface area contributed by atoms with Crippen LogP contribution in [0.4, 0.5) is 0 Å². The molecule has 0 fully saturated rings. The van der Waals surface area contributed by atoms with Crippen LogP contribution in [0.3, 0.4) is 0 Å². The lowest BCUT2D eigenvalue weighted by Crippen LogP contribution is -2.08. The minimum Gasteiger partial charge on any atom is -0.508 e. The van der Waals surface area contributed by atoms with Crippen molar-refractivity contribution >= 4 is 0 Å². The van der Waals surface area contributed by atoms with E-state index in [1.54, 1.807) is 13.2 Å². The number of aromatic hydroxyl groups is 1. The van der Waals surface area contributed by atoms with Crippen LogP contribution in [0, 0.1) is 0 Å². The molecule has 86 valence electrons. The maximum Gasteiger partial charge on any atom is 0.122 e.